The highest BCUT2D eigenvalue weighted by atomic mass is 16.6. The van der Waals surface area contributed by atoms with Crippen molar-refractivity contribution in [2.75, 3.05) is 19.8 Å². The van der Waals surface area contributed by atoms with Crippen LogP contribution in [0.2, 0.25) is 0 Å². The first kappa shape index (κ1) is 56.0. The van der Waals surface area contributed by atoms with E-state index in [0.29, 0.717) is 12.8 Å². The Morgan fingerprint density at radius 1 is 0.635 bits per heavy atom. The fourth-order valence-corrected chi connectivity index (χ4v) is 6.38. The van der Waals surface area contributed by atoms with Crippen LogP contribution in [0.5, 0.6) is 0 Å². The lowest BCUT2D eigenvalue weighted by atomic mass is 9.89. The number of carbonyl (C=O) groups excluding carboxylic acids is 8. The first-order valence-corrected chi connectivity index (χ1v) is 21.4. The number of aliphatic hydroxyl groups is 5. The maximum absolute atomic E-state index is 13.6. The van der Waals surface area contributed by atoms with Gasteiger partial charge in [0, 0.05) is 0 Å². The quantitative estimate of drug-likeness (QED) is 0.0472. The minimum absolute atomic E-state index is 0.00216. The molecule has 1 heterocycles. The summed E-state index contributed by atoms with van der Waals surface area (Å²) in [6, 6.07) is -12.2. The molecule has 10 atom stereocenters. The first-order valence-electron chi connectivity index (χ1n) is 21.4. The van der Waals surface area contributed by atoms with E-state index in [-0.39, 0.29) is 6.42 Å². The van der Waals surface area contributed by atoms with Crippen LogP contribution in [0, 0.1) is 0 Å². The second kappa shape index (κ2) is 28.7. The molecule has 0 aromatic carbocycles. The number of carboxylic acids is 1. The molecule has 0 aliphatic carbocycles. The number of ether oxygens (including phenoxy) is 1. The molecule has 1 rings (SSSR count). The van der Waals surface area contributed by atoms with E-state index in [0.717, 1.165) is 59.3 Å². The van der Waals surface area contributed by atoms with E-state index in [2.05, 4.69) is 44.1 Å². The van der Waals surface area contributed by atoms with Gasteiger partial charge in [-0.3, -0.25) is 38.4 Å². The predicted molar refractivity (Wildman–Crippen MR) is 222 cm³/mol. The monoisotopic (exact) mass is 903 g/mol. The zero-order valence-electron chi connectivity index (χ0n) is 36.8. The SMILES string of the molecule is CCCCCCCCCCCC[C@](C)(O)[C@H]1CC(=O)N[C@@H](CO)C(=O)N[C@H](C)C(=O)N[C@H](CC(=O)O)C(=O)N[C@@H](C)C(=O)N[C@H](CO)C(=O)N[C@H](CO)C(=O)N[C@H]([C@@H](C)O)C(=O)O1. The summed E-state index contributed by atoms with van der Waals surface area (Å²) < 4.78 is 5.57. The average Bonchev–Trinajstić information content (AvgIpc) is 3.21. The van der Waals surface area contributed by atoms with Crippen molar-refractivity contribution in [2.45, 2.75) is 178 Å². The number of nitrogens with one attached hydrogen (secondary N) is 7. The van der Waals surface area contributed by atoms with E-state index in [9.17, 15) is 73.8 Å². The Kier molecular flexibility index (Phi) is 25.5. The third kappa shape index (κ3) is 20.4. The van der Waals surface area contributed by atoms with Crippen molar-refractivity contribution in [3.8, 4) is 0 Å². The van der Waals surface area contributed by atoms with Crippen molar-refractivity contribution < 1.29 is 78.5 Å². The fraction of sp³-hybridized carbons (Fsp3) is 0.775. The van der Waals surface area contributed by atoms with Crippen LogP contribution in [0.25, 0.3) is 0 Å². The average molecular weight is 904 g/mol. The highest BCUT2D eigenvalue weighted by molar-refractivity contribution is 5.98. The summed E-state index contributed by atoms with van der Waals surface area (Å²) in [6.45, 7) is 3.57. The van der Waals surface area contributed by atoms with Crippen molar-refractivity contribution in [1.29, 1.82) is 0 Å². The Hall–Kier alpha value is -4.97. The third-order valence-corrected chi connectivity index (χ3v) is 10.4. The molecule has 23 heteroatoms. The van der Waals surface area contributed by atoms with E-state index in [1.807, 2.05) is 0 Å². The molecule has 13 N–H and O–H groups in total. The molecule has 0 bridgehead atoms. The number of hydrogen-bond acceptors (Lipinski definition) is 15. The van der Waals surface area contributed by atoms with E-state index in [4.69, 9.17) is 4.74 Å². The van der Waals surface area contributed by atoms with Gasteiger partial charge in [-0.2, -0.15) is 0 Å². The summed E-state index contributed by atoms with van der Waals surface area (Å²) in [5.41, 5.74) is -1.94. The Labute approximate surface area is 366 Å². The highest BCUT2D eigenvalue weighted by Gasteiger charge is 2.41. The molecule has 0 radical (unpaired) electrons. The Morgan fingerprint density at radius 2 is 1.03 bits per heavy atom. The van der Waals surface area contributed by atoms with Crippen LogP contribution in [-0.4, -0.2) is 164 Å². The molecule has 0 spiro atoms. The zero-order valence-corrected chi connectivity index (χ0v) is 36.8. The summed E-state index contributed by atoms with van der Waals surface area (Å²) in [4.78, 5) is 117. The standard InChI is InChI=1S/C40H69N7O16/c1-6-7-8-9-10-11-12-13-14-15-16-40(5,62)29-18-30(52)43-26(19-48)36(58)42-22(2)33(55)44-25(17-31(53)54)35(57)41-23(3)34(56)45-27(20-49)37(59)46-28(21-50)38(60)47-32(24(4)51)39(61)63-29/h22-29,32,48-51,62H,6-21H2,1-5H3,(H,41,57)(H,42,58)(H,43,52)(H,44,55)(H,45,56)(H,46,59)(H,47,60)(H,53,54)/t22-,23+,24-,25-,26+,27-,28-,29-,32-,40+/m1/s1. The van der Waals surface area contributed by atoms with Crippen molar-refractivity contribution in [3.05, 3.63) is 0 Å². The molecule has 1 aliphatic rings. The van der Waals surface area contributed by atoms with Gasteiger partial charge in [0.2, 0.25) is 41.4 Å². The molecule has 1 fully saturated rings. The topological polar surface area (TPSA) is 368 Å². The molecule has 0 saturated carbocycles. The number of hydrogen-bond donors (Lipinski definition) is 13. The van der Waals surface area contributed by atoms with Crippen LogP contribution in [0.1, 0.15) is 118 Å². The van der Waals surface area contributed by atoms with Crippen molar-refractivity contribution in [1.82, 2.24) is 37.2 Å². The van der Waals surface area contributed by atoms with Gasteiger partial charge in [-0.1, -0.05) is 71.1 Å². The largest absolute Gasteiger partial charge is 0.481 e. The van der Waals surface area contributed by atoms with Crippen LogP contribution < -0.4 is 37.2 Å². The molecule has 63 heavy (non-hydrogen) atoms. The number of carboxylic acid groups (broad SMARTS) is 1. The van der Waals surface area contributed by atoms with Crippen LogP contribution in [0.15, 0.2) is 0 Å². The van der Waals surface area contributed by atoms with Crippen molar-refractivity contribution in [2.24, 2.45) is 0 Å². The summed E-state index contributed by atoms with van der Waals surface area (Å²) in [6.07, 6.45) is 4.45. The number of aliphatic carboxylic acids is 1. The maximum Gasteiger partial charge on any atom is 0.331 e. The lowest BCUT2D eigenvalue weighted by molar-refractivity contribution is -0.172. The molecular weight excluding hydrogens is 834 g/mol. The van der Waals surface area contributed by atoms with Gasteiger partial charge in [0.15, 0.2) is 6.04 Å². The minimum atomic E-state index is -1.94. The second-order valence-corrected chi connectivity index (χ2v) is 16.1. The minimum Gasteiger partial charge on any atom is -0.481 e. The summed E-state index contributed by atoms with van der Waals surface area (Å²) >= 11 is 0. The maximum atomic E-state index is 13.6. The summed E-state index contributed by atoms with van der Waals surface area (Å²) in [7, 11) is 0. The first-order chi connectivity index (χ1) is 29.6. The smallest absolute Gasteiger partial charge is 0.331 e. The zero-order chi connectivity index (χ0) is 47.9. The normalized spacial score (nSPS) is 27.0. The fourth-order valence-electron chi connectivity index (χ4n) is 6.38. The van der Waals surface area contributed by atoms with Crippen molar-refractivity contribution in [3.63, 3.8) is 0 Å². The molecule has 1 aliphatic heterocycles. The van der Waals surface area contributed by atoms with Gasteiger partial charge < -0.3 is 72.6 Å². The predicted octanol–water partition coefficient (Wildman–Crippen LogP) is -3.37. The molecular formula is C40H69N7O16. The van der Waals surface area contributed by atoms with E-state index in [1.165, 1.54) is 19.8 Å². The van der Waals surface area contributed by atoms with E-state index in [1.54, 1.807) is 0 Å². The van der Waals surface area contributed by atoms with E-state index < -0.39 is 146 Å². The van der Waals surface area contributed by atoms with E-state index >= 15 is 0 Å². The number of rotatable bonds is 18. The lowest BCUT2D eigenvalue weighted by Gasteiger charge is -2.34. The highest BCUT2D eigenvalue weighted by Crippen LogP contribution is 2.25. The number of unbranched alkanes of at least 4 members (excludes halogenated alkanes) is 9. The molecule has 360 valence electrons. The molecule has 7 amide bonds. The number of cyclic esters (lactones) is 1. The molecule has 0 aromatic rings. The van der Waals surface area contributed by atoms with Crippen LogP contribution in [0.4, 0.5) is 0 Å². The van der Waals surface area contributed by atoms with Gasteiger partial charge in [0.25, 0.3) is 0 Å². The third-order valence-electron chi connectivity index (χ3n) is 10.4. The molecule has 1 saturated heterocycles. The Bertz CT molecular complexity index is 1550. The lowest BCUT2D eigenvalue weighted by Crippen LogP contribution is -2.61. The van der Waals surface area contributed by atoms with Gasteiger partial charge in [-0.25, -0.2) is 4.79 Å². The Balaban J connectivity index is 3.55. The van der Waals surface area contributed by atoms with Crippen LogP contribution >= 0.6 is 0 Å². The molecule has 0 unspecified atom stereocenters. The molecule has 23 nitrogen and oxygen atoms in total. The van der Waals surface area contributed by atoms with Crippen molar-refractivity contribution >= 4 is 53.3 Å². The van der Waals surface area contributed by atoms with Gasteiger partial charge >= 0.3 is 11.9 Å². The van der Waals surface area contributed by atoms with Crippen LogP contribution in [-0.2, 0) is 47.9 Å². The second-order valence-electron chi connectivity index (χ2n) is 16.1. The number of carbonyl (C=O) groups is 9. The Morgan fingerprint density at radius 3 is 1.49 bits per heavy atom. The van der Waals surface area contributed by atoms with Gasteiger partial charge in [0.05, 0.1) is 44.4 Å². The summed E-state index contributed by atoms with van der Waals surface area (Å²) in [5, 5.41) is 76.6. The number of amides is 7. The summed E-state index contributed by atoms with van der Waals surface area (Å²) in [5.74, 6) is -11.0. The van der Waals surface area contributed by atoms with Gasteiger partial charge in [-0.05, 0) is 34.1 Å². The number of aliphatic hydroxyl groups excluding tert-OH is 4. The number of esters is 1. The molecule has 0 aromatic heterocycles. The van der Waals surface area contributed by atoms with Gasteiger partial charge in [0.1, 0.15) is 42.4 Å². The van der Waals surface area contributed by atoms with Gasteiger partial charge in [-0.15, -0.1) is 0 Å². The van der Waals surface area contributed by atoms with Crippen LogP contribution in [0.3, 0.4) is 0 Å².